The molecular formula is C17H19NO4S. The van der Waals surface area contributed by atoms with Gasteiger partial charge in [-0.3, -0.25) is 9.78 Å². The number of ether oxygens (including phenoxy) is 1. The second-order valence-electron chi connectivity index (χ2n) is 5.16. The predicted octanol–water partition coefficient (Wildman–Crippen LogP) is 3.05. The maximum Gasteiger partial charge on any atom is 0.186 e. The molecule has 5 nitrogen and oxygen atoms in total. The van der Waals surface area contributed by atoms with E-state index < -0.39 is 9.84 Å². The van der Waals surface area contributed by atoms with E-state index in [2.05, 4.69) is 4.98 Å². The average molecular weight is 333 g/mol. The quantitative estimate of drug-likeness (QED) is 0.728. The highest BCUT2D eigenvalue weighted by molar-refractivity contribution is 7.90. The summed E-state index contributed by atoms with van der Waals surface area (Å²) in [5.41, 5.74) is 0.970. The van der Waals surface area contributed by atoms with E-state index >= 15 is 0 Å². The highest BCUT2D eigenvalue weighted by atomic mass is 32.2. The first-order chi connectivity index (χ1) is 11.0. The van der Waals surface area contributed by atoms with Gasteiger partial charge in [-0.2, -0.15) is 0 Å². The molecule has 0 amide bonds. The molecule has 1 heterocycles. The van der Waals surface area contributed by atoms with Gasteiger partial charge >= 0.3 is 0 Å². The molecule has 0 N–H and O–H groups in total. The van der Waals surface area contributed by atoms with Gasteiger partial charge in [0.2, 0.25) is 0 Å². The van der Waals surface area contributed by atoms with Crippen LogP contribution in [-0.4, -0.2) is 26.3 Å². The lowest BCUT2D eigenvalue weighted by Crippen LogP contribution is -2.09. The van der Waals surface area contributed by atoms with E-state index in [-0.39, 0.29) is 22.2 Å². The number of carbonyl (C=O) groups excluding carboxylic acids is 1. The van der Waals surface area contributed by atoms with Gasteiger partial charge in [0.1, 0.15) is 10.6 Å². The molecule has 122 valence electrons. The van der Waals surface area contributed by atoms with Crippen molar-refractivity contribution >= 4 is 15.6 Å². The Hall–Kier alpha value is -2.21. The van der Waals surface area contributed by atoms with Crippen molar-refractivity contribution < 1.29 is 17.9 Å². The molecule has 0 fully saturated rings. The zero-order valence-corrected chi connectivity index (χ0v) is 14.0. The molecule has 0 unspecified atom stereocenters. The topological polar surface area (TPSA) is 73.3 Å². The minimum atomic E-state index is -3.64. The molecule has 0 saturated heterocycles. The van der Waals surface area contributed by atoms with Crippen molar-refractivity contribution in [1.29, 1.82) is 0 Å². The lowest BCUT2D eigenvalue weighted by Gasteiger charge is -2.11. The van der Waals surface area contributed by atoms with E-state index in [0.29, 0.717) is 24.0 Å². The number of benzene rings is 1. The fraction of sp³-hybridized carbons (Fsp3) is 0.294. The van der Waals surface area contributed by atoms with Gasteiger partial charge in [-0.15, -0.1) is 0 Å². The normalized spacial score (nSPS) is 11.2. The van der Waals surface area contributed by atoms with Crippen molar-refractivity contribution in [2.24, 2.45) is 0 Å². The molecule has 0 bridgehead atoms. The van der Waals surface area contributed by atoms with Crippen LogP contribution in [0.5, 0.6) is 5.75 Å². The van der Waals surface area contributed by atoms with Crippen molar-refractivity contribution in [1.82, 2.24) is 4.98 Å². The average Bonchev–Trinajstić information content (AvgIpc) is 2.55. The van der Waals surface area contributed by atoms with Gasteiger partial charge in [0.05, 0.1) is 12.9 Å². The Labute approximate surface area is 136 Å². The van der Waals surface area contributed by atoms with Crippen molar-refractivity contribution in [2.45, 2.75) is 30.4 Å². The van der Waals surface area contributed by atoms with Gasteiger partial charge in [-0.25, -0.2) is 8.42 Å². The number of nitrogens with zero attached hydrogens (tertiary/aromatic N) is 1. The molecule has 23 heavy (non-hydrogen) atoms. The highest BCUT2D eigenvalue weighted by Crippen LogP contribution is 2.28. The zero-order chi connectivity index (χ0) is 16.9. The minimum Gasteiger partial charge on any atom is -0.495 e. The first kappa shape index (κ1) is 17.1. The molecule has 0 aliphatic rings. The van der Waals surface area contributed by atoms with Crippen LogP contribution in [0.15, 0.2) is 47.6 Å². The summed E-state index contributed by atoms with van der Waals surface area (Å²) < 4.78 is 30.5. The molecule has 0 aliphatic carbocycles. The third-order valence-electron chi connectivity index (χ3n) is 3.38. The minimum absolute atomic E-state index is 0.0332. The van der Waals surface area contributed by atoms with Crippen LogP contribution in [0.25, 0.3) is 0 Å². The Kier molecular flexibility index (Phi) is 5.50. The van der Waals surface area contributed by atoms with Gasteiger partial charge in [-0.1, -0.05) is 13.0 Å². The number of hydrogen-bond donors (Lipinski definition) is 0. The molecule has 2 aromatic rings. The van der Waals surface area contributed by atoms with Gasteiger partial charge in [0.15, 0.2) is 15.6 Å². The fourth-order valence-corrected chi connectivity index (χ4v) is 3.77. The van der Waals surface area contributed by atoms with Crippen LogP contribution < -0.4 is 4.74 Å². The molecule has 6 heteroatoms. The smallest absolute Gasteiger partial charge is 0.186 e. The summed E-state index contributed by atoms with van der Waals surface area (Å²) in [6.07, 6.45) is 4.19. The Morgan fingerprint density at radius 2 is 2.04 bits per heavy atom. The second kappa shape index (κ2) is 7.37. The number of rotatable bonds is 7. The summed E-state index contributed by atoms with van der Waals surface area (Å²) in [5.74, 6) is -0.0299. The first-order valence-corrected chi connectivity index (χ1v) is 8.96. The van der Waals surface area contributed by atoms with E-state index in [4.69, 9.17) is 4.74 Å². The molecule has 0 radical (unpaired) electrons. The Balaban J connectivity index is 2.43. The Bertz CT molecular complexity index is 785. The maximum absolute atomic E-state index is 12.7. The van der Waals surface area contributed by atoms with Crippen LogP contribution in [0.4, 0.5) is 0 Å². The third-order valence-corrected chi connectivity index (χ3v) is 5.08. The Morgan fingerprint density at radius 3 is 2.65 bits per heavy atom. The number of methoxy groups -OCH3 is 1. The largest absolute Gasteiger partial charge is 0.495 e. The van der Waals surface area contributed by atoms with Crippen LogP contribution in [-0.2, 0) is 15.6 Å². The zero-order valence-electron chi connectivity index (χ0n) is 13.2. The number of hydrogen-bond acceptors (Lipinski definition) is 5. The van der Waals surface area contributed by atoms with Crippen LogP contribution in [0, 0.1) is 0 Å². The summed E-state index contributed by atoms with van der Waals surface area (Å²) >= 11 is 0. The lowest BCUT2D eigenvalue weighted by atomic mass is 10.1. The van der Waals surface area contributed by atoms with E-state index in [1.807, 2.05) is 6.92 Å². The summed E-state index contributed by atoms with van der Waals surface area (Å²) in [7, 11) is -2.24. The molecule has 0 aliphatic heterocycles. The van der Waals surface area contributed by atoms with Gasteiger partial charge in [0.25, 0.3) is 0 Å². The van der Waals surface area contributed by atoms with Crippen LogP contribution in [0.1, 0.15) is 35.7 Å². The van der Waals surface area contributed by atoms with Gasteiger partial charge < -0.3 is 4.74 Å². The van der Waals surface area contributed by atoms with E-state index in [1.54, 1.807) is 24.4 Å². The molecule has 0 spiro atoms. The summed E-state index contributed by atoms with van der Waals surface area (Å²) in [6, 6.07) is 7.91. The third kappa shape index (κ3) is 4.16. The van der Waals surface area contributed by atoms with Gasteiger partial charge in [-0.05, 0) is 36.2 Å². The second-order valence-corrected chi connectivity index (χ2v) is 7.12. The standard InChI is InChI=1S/C17H19NO4S/c1-3-5-15(19)14-7-8-16(22-2)17(10-14)23(20,21)12-13-6-4-9-18-11-13/h4,6-11H,3,5,12H2,1-2H3. The number of pyridine rings is 1. The van der Waals surface area contributed by atoms with Crippen molar-refractivity contribution in [3.8, 4) is 5.75 Å². The highest BCUT2D eigenvalue weighted by Gasteiger charge is 2.22. The number of aromatic nitrogens is 1. The molecule has 0 saturated carbocycles. The molecular weight excluding hydrogens is 314 g/mol. The Morgan fingerprint density at radius 1 is 1.26 bits per heavy atom. The number of Topliss-reactive ketones (excluding diaryl/α,β-unsaturated/α-hetero) is 1. The molecule has 1 aromatic carbocycles. The fourth-order valence-electron chi connectivity index (χ4n) is 2.25. The molecule has 2 rings (SSSR count). The molecule has 0 atom stereocenters. The van der Waals surface area contributed by atoms with Crippen LogP contribution in [0.3, 0.4) is 0 Å². The summed E-state index contributed by atoms with van der Waals surface area (Å²) in [5, 5.41) is 0. The van der Waals surface area contributed by atoms with E-state index in [1.165, 1.54) is 25.4 Å². The van der Waals surface area contributed by atoms with Crippen molar-refractivity contribution in [3.05, 3.63) is 53.9 Å². The SMILES string of the molecule is CCCC(=O)c1ccc(OC)c(S(=O)(=O)Cc2cccnc2)c1. The van der Waals surface area contributed by atoms with Crippen LogP contribution in [0.2, 0.25) is 0 Å². The lowest BCUT2D eigenvalue weighted by molar-refractivity contribution is 0.0981. The summed E-state index contributed by atoms with van der Waals surface area (Å²) in [4.78, 5) is 16.0. The molecule has 1 aromatic heterocycles. The van der Waals surface area contributed by atoms with E-state index in [9.17, 15) is 13.2 Å². The van der Waals surface area contributed by atoms with E-state index in [0.717, 1.165) is 0 Å². The number of sulfone groups is 1. The van der Waals surface area contributed by atoms with Crippen molar-refractivity contribution in [2.75, 3.05) is 7.11 Å². The summed E-state index contributed by atoms with van der Waals surface area (Å²) in [6.45, 7) is 1.90. The maximum atomic E-state index is 12.7. The predicted molar refractivity (Wildman–Crippen MR) is 87.4 cm³/mol. The van der Waals surface area contributed by atoms with Crippen LogP contribution >= 0.6 is 0 Å². The number of ketones is 1. The van der Waals surface area contributed by atoms with Gasteiger partial charge in [0, 0.05) is 24.4 Å². The number of carbonyl (C=O) groups is 1. The monoisotopic (exact) mass is 333 g/mol. The first-order valence-electron chi connectivity index (χ1n) is 7.31. The van der Waals surface area contributed by atoms with Crippen molar-refractivity contribution in [3.63, 3.8) is 0 Å².